The number of nitrogens with one attached hydrogen (secondary N) is 1. The molecule has 1 aliphatic heterocycles. The Morgan fingerprint density at radius 3 is 2.24 bits per heavy atom. The number of ether oxygens (including phenoxy) is 1. The molecule has 8 nitrogen and oxygen atoms in total. The summed E-state index contributed by atoms with van der Waals surface area (Å²) in [7, 11) is -7.11. The number of aryl methyl sites for hydroxylation is 1. The number of hydrogen-bond donors (Lipinski definition) is 1. The average molecular weight is 493 g/mol. The molecule has 0 bridgehead atoms. The summed E-state index contributed by atoms with van der Waals surface area (Å²) in [5.41, 5.74) is 1.19. The summed E-state index contributed by atoms with van der Waals surface area (Å²) < 4.78 is 58.2. The van der Waals surface area contributed by atoms with Crippen LogP contribution in [0, 0.1) is 6.92 Å². The molecule has 178 valence electrons. The number of sulfonamides is 1. The lowest BCUT2D eigenvalue weighted by atomic mass is 10.1. The quantitative estimate of drug-likeness (QED) is 0.664. The number of hydrogen-bond acceptors (Lipinski definition) is 6. The smallest absolute Gasteiger partial charge is 0.255 e. The van der Waals surface area contributed by atoms with Gasteiger partial charge in [-0.2, -0.15) is 4.31 Å². The molecule has 0 aromatic heterocycles. The zero-order valence-electron chi connectivity index (χ0n) is 18.5. The molecule has 0 atom stereocenters. The Morgan fingerprint density at radius 1 is 0.970 bits per heavy atom. The minimum absolute atomic E-state index is 0.0926. The van der Waals surface area contributed by atoms with Crippen molar-refractivity contribution in [3.63, 3.8) is 0 Å². The molecule has 1 heterocycles. The van der Waals surface area contributed by atoms with Crippen LogP contribution in [0.2, 0.25) is 0 Å². The van der Waals surface area contributed by atoms with Gasteiger partial charge in [-0.15, -0.1) is 0 Å². The summed E-state index contributed by atoms with van der Waals surface area (Å²) in [5.74, 6) is -0.472. The first-order valence-corrected chi connectivity index (χ1v) is 14.0. The standard InChI is InChI=1S/C23H28N2O6S2/c1-17-6-7-18(16-22(17)33(29,30)25-12-14-31-15-13-25)23(26)24-19-8-10-21(11-9-19)32(27,28)20-4-2-3-5-20/h6-11,16,20H,2-5,12-15H2,1H3,(H,24,26). The van der Waals surface area contributed by atoms with E-state index < -0.39 is 25.8 Å². The first-order valence-electron chi connectivity index (χ1n) is 11.0. The van der Waals surface area contributed by atoms with Crippen molar-refractivity contribution in [2.45, 2.75) is 47.6 Å². The highest BCUT2D eigenvalue weighted by molar-refractivity contribution is 7.92. The normalized spacial score (nSPS) is 18.3. The Hall–Kier alpha value is -2.27. The number of carbonyl (C=O) groups excluding carboxylic acids is 1. The fraction of sp³-hybridized carbons (Fsp3) is 0.435. The van der Waals surface area contributed by atoms with E-state index in [9.17, 15) is 21.6 Å². The summed E-state index contributed by atoms with van der Waals surface area (Å²) in [5, 5.41) is 2.39. The van der Waals surface area contributed by atoms with Crippen molar-refractivity contribution in [3.8, 4) is 0 Å². The molecule has 33 heavy (non-hydrogen) atoms. The largest absolute Gasteiger partial charge is 0.379 e. The van der Waals surface area contributed by atoms with Gasteiger partial charge in [0.05, 0.1) is 28.3 Å². The van der Waals surface area contributed by atoms with Crippen LogP contribution in [0.1, 0.15) is 41.6 Å². The lowest BCUT2D eigenvalue weighted by molar-refractivity contribution is 0.0730. The third kappa shape index (κ3) is 4.98. The fourth-order valence-corrected chi connectivity index (χ4v) is 7.78. The van der Waals surface area contributed by atoms with Crippen LogP contribution in [0.5, 0.6) is 0 Å². The van der Waals surface area contributed by atoms with Crippen LogP contribution in [-0.4, -0.2) is 58.6 Å². The predicted octanol–water partition coefficient (Wildman–Crippen LogP) is 2.98. The Kier molecular flexibility index (Phi) is 6.90. The molecule has 2 aromatic carbocycles. The minimum atomic E-state index is -3.75. The van der Waals surface area contributed by atoms with E-state index in [2.05, 4.69) is 5.32 Å². The molecule has 0 unspecified atom stereocenters. The third-order valence-electron chi connectivity index (χ3n) is 6.22. The van der Waals surface area contributed by atoms with Crippen LogP contribution < -0.4 is 5.32 Å². The Labute approximate surface area is 194 Å². The lowest BCUT2D eigenvalue weighted by Gasteiger charge is -2.26. The molecule has 4 rings (SSSR count). The maximum Gasteiger partial charge on any atom is 0.255 e. The van der Waals surface area contributed by atoms with Crippen molar-refractivity contribution in [3.05, 3.63) is 53.6 Å². The summed E-state index contributed by atoms with van der Waals surface area (Å²) in [6.45, 7) is 2.91. The lowest BCUT2D eigenvalue weighted by Crippen LogP contribution is -2.40. The minimum Gasteiger partial charge on any atom is -0.379 e. The van der Waals surface area contributed by atoms with E-state index in [4.69, 9.17) is 4.74 Å². The number of anilines is 1. The number of sulfone groups is 1. The molecule has 10 heteroatoms. The van der Waals surface area contributed by atoms with Crippen LogP contribution in [0.3, 0.4) is 0 Å². The molecule has 0 spiro atoms. The van der Waals surface area contributed by atoms with Crippen molar-refractivity contribution in [2.75, 3.05) is 31.6 Å². The van der Waals surface area contributed by atoms with Crippen molar-refractivity contribution < 1.29 is 26.4 Å². The summed E-state index contributed by atoms with van der Waals surface area (Å²) in [6, 6.07) is 10.7. The average Bonchev–Trinajstić information content (AvgIpc) is 3.36. The van der Waals surface area contributed by atoms with Crippen molar-refractivity contribution in [1.29, 1.82) is 0 Å². The van der Waals surface area contributed by atoms with E-state index in [1.165, 1.54) is 22.5 Å². The first kappa shape index (κ1) is 23.9. The second-order valence-electron chi connectivity index (χ2n) is 8.43. The molecule has 2 fully saturated rings. The number of amides is 1. The van der Waals surface area contributed by atoms with Crippen molar-refractivity contribution in [1.82, 2.24) is 4.31 Å². The van der Waals surface area contributed by atoms with E-state index in [-0.39, 0.29) is 33.7 Å². The van der Waals surface area contributed by atoms with E-state index in [1.54, 1.807) is 31.2 Å². The van der Waals surface area contributed by atoms with Crippen LogP contribution in [0.25, 0.3) is 0 Å². The van der Waals surface area contributed by atoms with Gasteiger partial charge in [-0.1, -0.05) is 18.9 Å². The topological polar surface area (TPSA) is 110 Å². The van der Waals surface area contributed by atoms with E-state index >= 15 is 0 Å². The van der Waals surface area contributed by atoms with Crippen LogP contribution >= 0.6 is 0 Å². The van der Waals surface area contributed by atoms with Crippen LogP contribution in [0.4, 0.5) is 5.69 Å². The summed E-state index contributed by atoms with van der Waals surface area (Å²) in [6.07, 6.45) is 3.23. The fourth-order valence-electron chi connectivity index (χ4n) is 4.27. The van der Waals surface area contributed by atoms with E-state index in [0.29, 0.717) is 37.3 Å². The SMILES string of the molecule is Cc1ccc(C(=O)Nc2ccc(S(=O)(=O)C3CCCC3)cc2)cc1S(=O)(=O)N1CCOCC1. The van der Waals surface area contributed by atoms with Gasteiger partial charge in [0.25, 0.3) is 5.91 Å². The van der Waals surface area contributed by atoms with Gasteiger partial charge in [0.2, 0.25) is 10.0 Å². The zero-order valence-corrected chi connectivity index (χ0v) is 20.1. The summed E-state index contributed by atoms with van der Waals surface area (Å²) >= 11 is 0. The number of benzene rings is 2. The van der Waals surface area contributed by atoms with Crippen LogP contribution in [-0.2, 0) is 24.6 Å². The second-order valence-corrected chi connectivity index (χ2v) is 12.6. The molecule has 0 radical (unpaired) electrons. The summed E-state index contributed by atoms with van der Waals surface area (Å²) in [4.78, 5) is 13.2. The predicted molar refractivity (Wildman–Crippen MR) is 125 cm³/mol. The van der Waals surface area contributed by atoms with Gasteiger partial charge in [-0.25, -0.2) is 16.8 Å². The number of carbonyl (C=O) groups is 1. The third-order valence-corrected chi connectivity index (χ3v) is 10.5. The molecule has 2 aromatic rings. The number of rotatable bonds is 6. The highest BCUT2D eigenvalue weighted by atomic mass is 32.2. The van der Waals surface area contributed by atoms with E-state index in [0.717, 1.165) is 12.8 Å². The maximum absolute atomic E-state index is 13.1. The zero-order chi connectivity index (χ0) is 23.6. The molecule has 1 saturated heterocycles. The van der Waals surface area contributed by atoms with Gasteiger partial charge < -0.3 is 10.1 Å². The Bertz CT molecular complexity index is 1230. The van der Waals surface area contributed by atoms with Gasteiger partial charge in [0.15, 0.2) is 9.84 Å². The highest BCUT2D eigenvalue weighted by Crippen LogP contribution is 2.30. The van der Waals surface area contributed by atoms with E-state index in [1.807, 2.05) is 0 Å². The first-order chi connectivity index (χ1) is 15.7. The van der Waals surface area contributed by atoms with Gasteiger partial charge in [0.1, 0.15) is 0 Å². The molecule has 1 amide bonds. The highest BCUT2D eigenvalue weighted by Gasteiger charge is 2.30. The second kappa shape index (κ2) is 9.54. The molecule has 1 saturated carbocycles. The maximum atomic E-state index is 13.1. The van der Waals surface area contributed by atoms with Crippen molar-refractivity contribution >= 4 is 31.5 Å². The molecular formula is C23H28N2O6S2. The molecule has 1 N–H and O–H groups in total. The molecule has 2 aliphatic rings. The number of morpholine rings is 1. The molecule has 1 aliphatic carbocycles. The Morgan fingerprint density at radius 2 is 1.61 bits per heavy atom. The van der Waals surface area contributed by atoms with Gasteiger partial charge >= 0.3 is 0 Å². The van der Waals surface area contributed by atoms with Gasteiger partial charge in [-0.05, 0) is 61.7 Å². The monoisotopic (exact) mass is 492 g/mol. The Balaban J connectivity index is 1.51. The molecular weight excluding hydrogens is 464 g/mol. The van der Waals surface area contributed by atoms with Gasteiger partial charge in [0, 0.05) is 24.3 Å². The van der Waals surface area contributed by atoms with Gasteiger partial charge in [-0.3, -0.25) is 4.79 Å². The van der Waals surface area contributed by atoms with Crippen molar-refractivity contribution in [2.24, 2.45) is 0 Å². The number of nitrogens with zero attached hydrogens (tertiary/aromatic N) is 1. The van der Waals surface area contributed by atoms with Crippen LogP contribution in [0.15, 0.2) is 52.3 Å².